The third-order valence-electron chi connectivity index (χ3n) is 3.10. The van der Waals surface area contributed by atoms with E-state index < -0.39 is 5.97 Å². The Morgan fingerprint density at radius 2 is 1.90 bits per heavy atom. The van der Waals surface area contributed by atoms with Crippen molar-refractivity contribution in [3.8, 4) is 16.8 Å². The summed E-state index contributed by atoms with van der Waals surface area (Å²) in [6.45, 7) is 0. The molecule has 4 nitrogen and oxygen atoms in total. The Hall–Kier alpha value is -2.40. The highest BCUT2D eigenvalue weighted by atomic mass is 79.9. The highest BCUT2D eigenvalue weighted by molar-refractivity contribution is 9.10. The normalized spacial score (nSPS) is 10.5. The van der Waals surface area contributed by atoms with Gasteiger partial charge in [-0.05, 0) is 35.9 Å². The zero-order valence-electron chi connectivity index (χ0n) is 10.9. The zero-order chi connectivity index (χ0) is 14.8. The van der Waals surface area contributed by atoms with Crippen molar-refractivity contribution in [2.24, 2.45) is 0 Å². The van der Waals surface area contributed by atoms with Crippen LogP contribution in [-0.4, -0.2) is 20.9 Å². The summed E-state index contributed by atoms with van der Waals surface area (Å²) in [5, 5.41) is 13.3. The Labute approximate surface area is 129 Å². The first-order valence-corrected chi connectivity index (χ1v) is 7.07. The predicted octanol–water partition coefficient (Wildman–Crippen LogP) is 4.00. The van der Waals surface area contributed by atoms with Crippen molar-refractivity contribution in [2.75, 3.05) is 0 Å². The number of halogens is 1. The summed E-state index contributed by atoms with van der Waals surface area (Å²) in [5.41, 5.74) is 2.98. The van der Waals surface area contributed by atoms with E-state index in [0.717, 1.165) is 21.3 Å². The van der Waals surface area contributed by atoms with Crippen molar-refractivity contribution in [1.82, 2.24) is 9.78 Å². The molecule has 3 rings (SSSR count). The second kappa shape index (κ2) is 5.54. The number of benzene rings is 2. The summed E-state index contributed by atoms with van der Waals surface area (Å²) in [5.74, 6) is -0.948. The first kappa shape index (κ1) is 13.6. The molecule has 0 atom stereocenters. The fraction of sp³-hybridized carbons (Fsp3) is 0. The van der Waals surface area contributed by atoms with E-state index in [2.05, 4.69) is 21.0 Å². The lowest BCUT2D eigenvalue weighted by atomic mass is 10.1. The van der Waals surface area contributed by atoms with Crippen LogP contribution >= 0.6 is 15.9 Å². The number of hydrogen-bond acceptors (Lipinski definition) is 2. The van der Waals surface area contributed by atoms with Gasteiger partial charge in [-0.1, -0.05) is 34.1 Å². The van der Waals surface area contributed by atoms with Gasteiger partial charge in [-0.25, -0.2) is 9.48 Å². The van der Waals surface area contributed by atoms with Crippen LogP contribution in [0.3, 0.4) is 0 Å². The molecule has 0 saturated heterocycles. The molecule has 104 valence electrons. The zero-order valence-corrected chi connectivity index (χ0v) is 12.5. The summed E-state index contributed by atoms with van der Waals surface area (Å²) in [4.78, 5) is 11.0. The summed E-state index contributed by atoms with van der Waals surface area (Å²) < 4.78 is 2.67. The second-order valence-corrected chi connectivity index (χ2v) is 5.46. The molecule has 1 aromatic heterocycles. The molecular weight excluding hydrogens is 332 g/mol. The van der Waals surface area contributed by atoms with Gasteiger partial charge in [-0.15, -0.1) is 0 Å². The molecule has 3 aromatic rings. The van der Waals surface area contributed by atoms with Crippen LogP contribution in [0.1, 0.15) is 10.4 Å². The van der Waals surface area contributed by atoms with Crippen molar-refractivity contribution in [1.29, 1.82) is 0 Å². The van der Waals surface area contributed by atoms with Crippen molar-refractivity contribution in [3.63, 3.8) is 0 Å². The molecule has 0 spiro atoms. The average molecular weight is 343 g/mol. The largest absolute Gasteiger partial charge is 0.478 e. The molecule has 0 bridgehead atoms. The van der Waals surface area contributed by atoms with E-state index in [1.54, 1.807) is 29.1 Å². The molecule has 0 radical (unpaired) electrons. The summed E-state index contributed by atoms with van der Waals surface area (Å²) >= 11 is 3.44. The lowest BCUT2D eigenvalue weighted by molar-refractivity contribution is 0.0697. The molecule has 0 saturated carbocycles. The van der Waals surface area contributed by atoms with E-state index in [1.807, 2.05) is 36.5 Å². The maximum absolute atomic E-state index is 11.0. The number of rotatable bonds is 3. The molecule has 5 heteroatoms. The number of hydrogen-bond donors (Lipinski definition) is 1. The van der Waals surface area contributed by atoms with Gasteiger partial charge in [0.25, 0.3) is 0 Å². The second-order valence-electron chi connectivity index (χ2n) is 4.54. The molecular formula is C16H11BrN2O2. The van der Waals surface area contributed by atoms with Crippen LogP contribution in [0, 0.1) is 0 Å². The minimum atomic E-state index is -0.948. The minimum Gasteiger partial charge on any atom is -0.478 e. The van der Waals surface area contributed by atoms with Crippen molar-refractivity contribution >= 4 is 21.9 Å². The average Bonchev–Trinajstić information content (AvgIpc) is 2.97. The number of aromatic carboxylic acids is 1. The molecule has 2 aromatic carbocycles. The quantitative estimate of drug-likeness (QED) is 0.782. The molecule has 0 unspecified atom stereocenters. The van der Waals surface area contributed by atoms with E-state index in [4.69, 9.17) is 5.11 Å². The molecule has 0 aliphatic heterocycles. The highest BCUT2D eigenvalue weighted by Crippen LogP contribution is 2.23. The van der Waals surface area contributed by atoms with Gasteiger partial charge in [-0.2, -0.15) is 5.10 Å². The Balaban J connectivity index is 1.98. The molecule has 1 N–H and O–H groups in total. The van der Waals surface area contributed by atoms with Crippen LogP contribution in [0.5, 0.6) is 0 Å². The van der Waals surface area contributed by atoms with Crippen molar-refractivity contribution in [2.45, 2.75) is 0 Å². The van der Waals surface area contributed by atoms with Gasteiger partial charge in [0.2, 0.25) is 0 Å². The highest BCUT2D eigenvalue weighted by Gasteiger charge is 2.07. The van der Waals surface area contributed by atoms with Gasteiger partial charge in [0.05, 0.1) is 17.4 Å². The topological polar surface area (TPSA) is 55.1 Å². The van der Waals surface area contributed by atoms with Gasteiger partial charge >= 0.3 is 5.97 Å². The number of aromatic nitrogens is 2. The van der Waals surface area contributed by atoms with Gasteiger partial charge < -0.3 is 5.11 Å². The monoisotopic (exact) mass is 342 g/mol. The maximum atomic E-state index is 11.0. The Kier molecular flexibility index (Phi) is 3.58. The van der Waals surface area contributed by atoms with Gasteiger partial charge in [-0.3, -0.25) is 0 Å². The van der Waals surface area contributed by atoms with Crippen molar-refractivity contribution in [3.05, 3.63) is 71.0 Å². The predicted molar refractivity (Wildman–Crippen MR) is 83.7 cm³/mol. The standard InChI is InChI=1S/C16H11BrN2O2/c17-14-5-1-3-11(7-14)13-9-18-19(10-13)15-6-2-4-12(8-15)16(20)21/h1-10H,(H,20,21). The van der Waals surface area contributed by atoms with Crippen LogP contribution in [0.4, 0.5) is 0 Å². The smallest absolute Gasteiger partial charge is 0.335 e. The fourth-order valence-corrected chi connectivity index (χ4v) is 2.46. The van der Waals surface area contributed by atoms with Crippen LogP contribution in [0.15, 0.2) is 65.4 Å². The molecule has 1 heterocycles. The third-order valence-corrected chi connectivity index (χ3v) is 3.59. The molecule has 0 fully saturated rings. The van der Waals surface area contributed by atoms with Gasteiger partial charge in [0.1, 0.15) is 0 Å². The van der Waals surface area contributed by atoms with Gasteiger partial charge in [0.15, 0.2) is 0 Å². The van der Waals surface area contributed by atoms with E-state index in [9.17, 15) is 4.79 Å². The first-order chi connectivity index (χ1) is 10.1. The molecule has 0 aliphatic carbocycles. The van der Waals surface area contributed by atoms with Gasteiger partial charge in [0, 0.05) is 16.2 Å². The van der Waals surface area contributed by atoms with Crippen LogP contribution in [-0.2, 0) is 0 Å². The van der Waals surface area contributed by atoms with Crippen LogP contribution in [0.25, 0.3) is 16.8 Å². The van der Waals surface area contributed by atoms with Crippen LogP contribution in [0.2, 0.25) is 0 Å². The fourth-order valence-electron chi connectivity index (χ4n) is 2.06. The van der Waals surface area contributed by atoms with E-state index in [0.29, 0.717) is 0 Å². The Bertz CT molecular complexity index is 811. The minimum absolute atomic E-state index is 0.243. The Morgan fingerprint density at radius 3 is 2.67 bits per heavy atom. The molecule has 0 aliphatic rings. The number of carbonyl (C=O) groups is 1. The molecule has 21 heavy (non-hydrogen) atoms. The number of carboxylic acid groups (broad SMARTS) is 1. The Morgan fingerprint density at radius 1 is 1.10 bits per heavy atom. The molecule has 0 amide bonds. The summed E-state index contributed by atoms with van der Waals surface area (Å²) in [6.07, 6.45) is 3.64. The van der Waals surface area contributed by atoms with Crippen LogP contribution < -0.4 is 0 Å². The van der Waals surface area contributed by atoms with E-state index >= 15 is 0 Å². The van der Waals surface area contributed by atoms with E-state index in [1.165, 1.54) is 0 Å². The number of carboxylic acids is 1. The van der Waals surface area contributed by atoms with E-state index in [-0.39, 0.29) is 5.56 Å². The van der Waals surface area contributed by atoms with Crippen molar-refractivity contribution < 1.29 is 9.90 Å². The lowest BCUT2D eigenvalue weighted by Crippen LogP contribution is -1.99. The summed E-state index contributed by atoms with van der Waals surface area (Å²) in [6, 6.07) is 14.6. The summed E-state index contributed by atoms with van der Waals surface area (Å²) in [7, 11) is 0. The number of nitrogens with zero attached hydrogens (tertiary/aromatic N) is 2. The first-order valence-electron chi connectivity index (χ1n) is 6.28. The SMILES string of the molecule is O=C(O)c1cccc(-n2cc(-c3cccc(Br)c3)cn2)c1. The third kappa shape index (κ3) is 2.87. The lowest BCUT2D eigenvalue weighted by Gasteiger charge is -2.02. The maximum Gasteiger partial charge on any atom is 0.335 e.